The summed E-state index contributed by atoms with van der Waals surface area (Å²) in [7, 11) is 4.48. The molecule has 0 amide bonds. The maximum Gasteiger partial charge on any atom is 0.0469 e. The molecular weight excluding hydrogens is 260 g/mol. The first-order chi connectivity index (χ1) is 9.91. The van der Waals surface area contributed by atoms with E-state index in [1.165, 1.54) is 38.6 Å². The molecule has 0 bridgehead atoms. The van der Waals surface area contributed by atoms with Crippen LogP contribution in [0.3, 0.4) is 0 Å². The zero-order valence-electron chi connectivity index (χ0n) is 14.8. The van der Waals surface area contributed by atoms with Gasteiger partial charge in [0, 0.05) is 31.8 Å². The maximum absolute atomic E-state index is 5.50. The first-order valence-electron chi connectivity index (χ1n) is 8.87. The van der Waals surface area contributed by atoms with E-state index < -0.39 is 0 Å². The minimum absolute atomic E-state index is 0.441. The van der Waals surface area contributed by atoms with E-state index >= 15 is 0 Å². The number of ether oxygens (including phenoxy) is 1. The summed E-state index contributed by atoms with van der Waals surface area (Å²) in [5.74, 6) is 1.68. The van der Waals surface area contributed by atoms with Crippen LogP contribution in [0.25, 0.3) is 0 Å². The minimum atomic E-state index is 0.441. The molecule has 0 aromatic heterocycles. The van der Waals surface area contributed by atoms with Crippen molar-refractivity contribution in [3.63, 3.8) is 0 Å². The summed E-state index contributed by atoms with van der Waals surface area (Å²) in [6.07, 6.45) is 6.51. The van der Waals surface area contributed by atoms with Crippen LogP contribution in [0.4, 0.5) is 0 Å². The lowest BCUT2D eigenvalue weighted by Crippen LogP contribution is -2.53. The van der Waals surface area contributed by atoms with E-state index in [0.29, 0.717) is 17.5 Å². The van der Waals surface area contributed by atoms with Crippen LogP contribution in [0.1, 0.15) is 52.9 Å². The summed E-state index contributed by atoms with van der Waals surface area (Å²) in [5, 5.41) is 3.58. The molecule has 1 aliphatic carbocycles. The van der Waals surface area contributed by atoms with Crippen LogP contribution in [-0.4, -0.2) is 50.8 Å². The zero-order chi connectivity index (χ0) is 15.5. The molecule has 0 aromatic rings. The Balaban J connectivity index is 1.95. The molecule has 3 unspecified atom stereocenters. The predicted molar refractivity (Wildman–Crippen MR) is 89.6 cm³/mol. The van der Waals surface area contributed by atoms with Crippen molar-refractivity contribution < 1.29 is 4.74 Å². The molecule has 0 spiro atoms. The molecule has 124 valence electrons. The number of nitrogens with one attached hydrogen (secondary N) is 1. The van der Waals surface area contributed by atoms with Gasteiger partial charge in [0.2, 0.25) is 0 Å². The third-order valence-corrected chi connectivity index (χ3v) is 5.87. The van der Waals surface area contributed by atoms with Crippen molar-refractivity contribution in [3.8, 4) is 0 Å². The highest BCUT2D eigenvalue weighted by molar-refractivity contribution is 4.93. The molecule has 3 atom stereocenters. The molecule has 1 aliphatic heterocycles. The Kier molecular flexibility index (Phi) is 6.10. The molecular formula is C18H36N2O. The topological polar surface area (TPSA) is 24.5 Å². The predicted octanol–water partition coefficient (Wildman–Crippen LogP) is 3.15. The Hall–Kier alpha value is -0.120. The van der Waals surface area contributed by atoms with Gasteiger partial charge >= 0.3 is 0 Å². The van der Waals surface area contributed by atoms with Gasteiger partial charge in [-0.2, -0.15) is 0 Å². The average Bonchev–Trinajstić information content (AvgIpc) is 2.46. The summed E-state index contributed by atoms with van der Waals surface area (Å²) in [5.41, 5.74) is 0.441. The monoisotopic (exact) mass is 296 g/mol. The van der Waals surface area contributed by atoms with E-state index in [1.807, 2.05) is 0 Å². The van der Waals surface area contributed by atoms with E-state index in [9.17, 15) is 0 Å². The van der Waals surface area contributed by atoms with Crippen molar-refractivity contribution in [3.05, 3.63) is 0 Å². The van der Waals surface area contributed by atoms with E-state index in [0.717, 1.165) is 25.0 Å². The van der Waals surface area contributed by atoms with Gasteiger partial charge in [0.05, 0.1) is 0 Å². The van der Waals surface area contributed by atoms with Crippen LogP contribution in [0.2, 0.25) is 0 Å². The first-order valence-corrected chi connectivity index (χ1v) is 8.87. The fraction of sp³-hybridized carbons (Fsp3) is 1.00. The second kappa shape index (κ2) is 7.43. The van der Waals surface area contributed by atoms with Gasteiger partial charge in [-0.25, -0.2) is 0 Å². The second-order valence-corrected chi connectivity index (χ2v) is 8.33. The lowest BCUT2D eigenvalue weighted by atomic mass is 9.69. The smallest absolute Gasteiger partial charge is 0.0469 e. The van der Waals surface area contributed by atoms with Crippen molar-refractivity contribution in [1.29, 1.82) is 0 Å². The Bertz CT molecular complexity index is 307. The highest BCUT2D eigenvalue weighted by atomic mass is 16.5. The van der Waals surface area contributed by atoms with E-state index in [4.69, 9.17) is 4.74 Å². The fourth-order valence-electron chi connectivity index (χ4n) is 4.23. The standard InChI is InChI=1S/C18H36N2O/c1-18(2,3)15-6-7-16(19-4)17(12-15)20(5)13-14-8-10-21-11-9-14/h14-17,19H,6-13H2,1-5H3. The summed E-state index contributed by atoms with van der Waals surface area (Å²) >= 11 is 0. The van der Waals surface area contributed by atoms with E-state index in [1.54, 1.807) is 0 Å². The third-order valence-electron chi connectivity index (χ3n) is 5.87. The van der Waals surface area contributed by atoms with Crippen molar-refractivity contribution >= 4 is 0 Å². The Labute approximate surface area is 131 Å². The highest BCUT2D eigenvalue weighted by Crippen LogP contribution is 2.39. The number of hydrogen-bond donors (Lipinski definition) is 1. The zero-order valence-corrected chi connectivity index (χ0v) is 14.8. The maximum atomic E-state index is 5.50. The molecule has 3 heteroatoms. The number of likely N-dealkylation sites (N-methyl/N-ethyl adjacent to an activating group) is 2. The SMILES string of the molecule is CNC1CCC(C(C)(C)C)CC1N(C)CC1CCOCC1. The summed E-state index contributed by atoms with van der Waals surface area (Å²) < 4.78 is 5.50. The average molecular weight is 296 g/mol. The Morgan fingerprint density at radius 1 is 1.10 bits per heavy atom. The van der Waals surface area contributed by atoms with Crippen molar-refractivity contribution in [1.82, 2.24) is 10.2 Å². The van der Waals surface area contributed by atoms with E-state index in [2.05, 4.69) is 45.1 Å². The molecule has 1 saturated heterocycles. The summed E-state index contributed by atoms with van der Waals surface area (Å²) in [4.78, 5) is 2.65. The molecule has 2 fully saturated rings. The molecule has 1 N–H and O–H groups in total. The summed E-state index contributed by atoms with van der Waals surface area (Å²) in [6, 6.07) is 1.35. The van der Waals surface area contributed by atoms with Crippen molar-refractivity contribution in [2.75, 3.05) is 33.9 Å². The van der Waals surface area contributed by atoms with Gasteiger partial charge in [0.1, 0.15) is 0 Å². The van der Waals surface area contributed by atoms with Crippen LogP contribution >= 0.6 is 0 Å². The number of rotatable bonds is 4. The molecule has 21 heavy (non-hydrogen) atoms. The quantitative estimate of drug-likeness (QED) is 0.862. The molecule has 1 heterocycles. The molecule has 0 radical (unpaired) electrons. The number of hydrogen-bond acceptors (Lipinski definition) is 3. The lowest BCUT2D eigenvalue weighted by Gasteiger charge is -2.46. The van der Waals surface area contributed by atoms with Crippen LogP contribution in [0, 0.1) is 17.3 Å². The number of nitrogens with zero attached hydrogens (tertiary/aromatic N) is 1. The van der Waals surface area contributed by atoms with E-state index in [-0.39, 0.29) is 0 Å². The van der Waals surface area contributed by atoms with Crippen LogP contribution in [0.5, 0.6) is 0 Å². The highest BCUT2D eigenvalue weighted by Gasteiger charge is 2.37. The van der Waals surface area contributed by atoms with Crippen LogP contribution in [0.15, 0.2) is 0 Å². The molecule has 3 nitrogen and oxygen atoms in total. The van der Waals surface area contributed by atoms with Gasteiger partial charge in [-0.15, -0.1) is 0 Å². The molecule has 2 aliphatic rings. The fourth-order valence-corrected chi connectivity index (χ4v) is 4.23. The van der Waals surface area contributed by atoms with Gasteiger partial charge in [0.15, 0.2) is 0 Å². The van der Waals surface area contributed by atoms with Crippen LogP contribution < -0.4 is 5.32 Å². The molecule has 2 rings (SSSR count). The minimum Gasteiger partial charge on any atom is -0.381 e. The van der Waals surface area contributed by atoms with Crippen molar-refractivity contribution in [2.45, 2.75) is 65.0 Å². The lowest BCUT2D eigenvalue weighted by molar-refractivity contribution is 0.0303. The second-order valence-electron chi connectivity index (χ2n) is 8.33. The molecule has 0 aromatic carbocycles. The Morgan fingerprint density at radius 3 is 2.33 bits per heavy atom. The Morgan fingerprint density at radius 2 is 1.76 bits per heavy atom. The van der Waals surface area contributed by atoms with Gasteiger partial charge in [-0.1, -0.05) is 20.8 Å². The van der Waals surface area contributed by atoms with Gasteiger partial charge < -0.3 is 15.0 Å². The largest absolute Gasteiger partial charge is 0.381 e. The first kappa shape index (κ1) is 17.2. The van der Waals surface area contributed by atoms with Gasteiger partial charge in [-0.3, -0.25) is 0 Å². The van der Waals surface area contributed by atoms with Crippen molar-refractivity contribution in [2.24, 2.45) is 17.3 Å². The summed E-state index contributed by atoms with van der Waals surface area (Å²) in [6.45, 7) is 10.4. The van der Waals surface area contributed by atoms with Gasteiger partial charge in [0.25, 0.3) is 0 Å². The van der Waals surface area contributed by atoms with Gasteiger partial charge in [-0.05, 0) is 63.5 Å². The third kappa shape index (κ3) is 4.67. The normalized spacial score (nSPS) is 32.6. The van der Waals surface area contributed by atoms with Crippen LogP contribution in [-0.2, 0) is 4.74 Å². The molecule has 1 saturated carbocycles.